The Morgan fingerprint density at radius 1 is 1.42 bits per heavy atom. The Morgan fingerprint density at radius 3 is 2.74 bits per heavy atom. The van der Waals surface area contributed by atoms with Crippen LogP contribution in [0.25, 0.3) is 0 Å². The number of carbonyl (C=O) groups is 1. The summed E-state index contributed by atoms with van der Waals surface area (Å²) in [4.78, 5) is 11.6. The first-order valence-corrected chi connectivity index (χ1v) is 7.51. The molecular weight excluding hydrogens is 351 g/mol. The number of benzene rings is 1. The lowest BCUT2D eigenvalue weighted by Crippen LogP contribution is -2.32. The first-order valence-electron chi connectivity index (χ1n) is 6.43. The van der Waals surface area contributed by atoms with E-state index in [9.17, 15) is 9.90 Å². The number of aliphatic carboxylic acids is 1. The summed E-state index contributed by atoms with van der Waals surface area (Å²) < 4.78 is 1.06. The van der Waals surface area contributed by atoms with Crippen molar-refractivity contribution in [3.8, 4) is 12.3 Å². The van der Waals surface area contributed by atoms with Crippen LogP contribution in [0, 0.1) is 15.9 Å². The molecule has 0 spiro atoms. The van der Waals surface area contributed by atoms with Gasteiger partial charge in [-0.25, -0.2) is 0 Å². The zero-order chi connectivity index (χ0) is 14.3. The van der Waals surface area contributed by atoms with Gasteiger partial charge in [0.1, 0.15) is 0 Å². The lowest BCUT2D eigenvalue weighted by atomic mass is 9.78. The Kier molecular flexibility index (Phi) is 6.36. The number of halogens is 1. The minimum Gasteiger partial charge on any atom is -0.481 e. The Bertz CT molecular complexity index is 476. The number of carboxylic acids is 1. The van der Waals surface area contributed by atoms with E-state index in [4.69, 9.17) is 6.42 Å². The minimum atomic E-state index is -0.808. The smallest absolute Gasteiger partial charge is 0.313 e. The van der Waals surface area contributed by atoms with Crippen LogP contribution in [0.5, 0.6) is 0 Å². The monoisotopic (exact) mass is 370 g/mol. The van der Waals surface area contributed by atoms with Crippen LogP contribution in [-0.4, -0.2) is 11.1 Å². The topological polar surface area (TPSA) is 37.3 Å². The van der Waals surface area contributed by atoms with Gasteiger partial charge in [0.25, 0.3) is 0 Å². The van der Waals surface area contributed by atoms with E-state index in [1.807, 2.05) is 31.2 Å². The average molecular weight is 370 g/mol. The standard InChI is InChI=1S/C16H19IO2/c1-3-4-5-6-7-11-16(2,15(18)19)13-9-8-10-14(17)12-13/h1,8-10,12H,4-7,11H2,2H3,(H,18,19). The highest BCUT2D eigenvalue weighted by atomic mass is 127. The third kappa shape index (κ3) is 4.54. The number of unbranched alkanes of at least 4 members (excludes halogenated alkanes) is 3. The molecule has 0 radical (unpaired) electrons. The highest BCUT2D eigenvalue weighted by Gasteiger charge is 2.34. The number of terminal acetylenes is 1. The maximum absolute atomic E-state index is 11.6. The number of carboxylic acid groups (broad SMARTS) is 1. The van der Waals surface area contributed by atoms with Gasteiger partial charge in [-0.15, -0.1) is 12.3 Å². The maximum atomic E-state index is 11.6. The van der Waals surface area contributed by atoms with E-state index in [1.54, 1.807) is 0 Å². The molecule has 1 unspecified atom stereocenters. The maximum Gasteiger partial charge on any atom is 0.313 e. The molecule has 2 nitrogen and oxygen atoms in total. The van der Waals surface area contributed by atoms with Crippen molar-refractivity contribution in [3.05, 3.63) is 33.4 Å². The van der Waals surface area contributed by atoms with Gasteiger partial charge in [0.15, 0.2) is 0 Å². The molecule has 3 heteroatoms. The molecule has 0 aliphatic carbocycles. The van der Waals surface area contributed by atoms with E-state index in [1.165, 1.54) is 0 Å². The van der Waals surface area contributed by atoms with Crippen molar-refractivity contribution in [2.45, 2.75) is 44.4 Å². The minimum absolute atomic E-state index is 0.646. The fourth-order valence-corrected chi connectivity index (χ4v) is 2.63. The van der Waals surface area contributed by atoms with E-state index < -0.39 is 11.4 Å². The molecular formula is C16H19IO2. The van der Waals surface area contributed by atoms with Crippen LogP contribution in [0.3, 0.4) is 0 Å². The predicted molar refractivity (Wildman–Crippen MR) is 86.1 cm³/mol. The van der Waals surface area contributed by atoms with Crippen molar-refractivity contribution in [2.24, 2.45) is 0 Å². The van der Waals surface area contributed by atoms with Crippen LogP contribution in [0.2, 0.25) is 0 Å². The van der Waals surface area contributed by atoms with Gasteiger partial charge in [0.2, 0.25) is 0 Å². The molecule has 0 heterocycles. The molecule has 0 saturated carbocycles. The molecule has 0 saturated heterocycles. The largest absolute Gasteiger partial charge is 0.481 e. The van der Waals surface area contributed by atoms with Gasteiger partial charge in [-0.05, 0) is 60.1 Å². The van der Waals surface area contributed by atoms with Gasteiger partial charge in [-0.3, -0.25) is 4.79 Å². The third-order valence-electron chi connectivity index (χ3n) is 3.43. The highest BCUT2D eigenvalue weighted by Crippen LogP contribution is 2.31. The Morgan fingerprint density at radius 2 is 2.16 bits per heavy atom. The summed E-state index contributed by atoms with van der Waals surface area (Å²) in [5, 5.41) is 9.54. The van der Waals surface area contributed by atoms with Crippen LogP contribution < -0.4 is 0 Å². The summed E-state index contributed by atoms with van der Waals surface area (Å²) in [5.74, 6) is 1.85. The number of hydrogen-bond acceptors (Lipinski definition) is 1. The van der Waals surface area contributed by atoms with Gasteiger partial charge in [0.05, 0.1) is 5.41 Å². The lowest BCUT2D eigenvalue weighted by molar-refractivity contribution is -0.143. The molecule has 0 aromatic heterocycles. The Balaban J connectivity index is 2.75. The van der Waals surface area contributed by atoms with E-state index >= 15 is 0 Å². The fourth-order valence-electron chi connectivity index (χ4n) is 2.09. The van der Waals surface area contributed by atoms with Gasteiger partial charge < -0.3 is 5.11 Å². The molecule has 102 valence electrons. The molecule has 1 aromatic rings. The van der Waals surface area contributed by atoms with E-state index in [2.05, 4.69) is 28.5 Å². The quantitative estimate of drug-likeness (QED) is 0.443. The molecule has 0 aliphatic heterocycles. The van der Waals surface area contributed by atoms with Crippen molar-refractivity contribution in [1.29, 1.82) is 0 Å². The first kappa shape index (κ1) is 16.0. The normalized spacial score (nSPS) is 13.5. The van der Waals surface area contributed by atoms with Gasteiger partial charge >= 0.3 is 5.97 Å². The van der Waals surface area contributed by atoms with E-state index in [-0.39, 0.29) is 0 Å². The second-order valence-electron chi connectivity index (χ2n) is 4.91. The summed E-state index contributed by atoms with van der Waals surface area (Å²) in [6, 6.07) is 7.74. The van der Waals surface area contributed by atoms with Crippen molar-refractivity contribution in [3.63, 3.8) is 0 Å². The molecule has 1 rings (SSSR count). The molecule has 19 heavy (non-hydrogen) atoms. The molecule has 0 aliphatic rings. The fraction of sp³-hybridized carbons (Fsp3) is 0.438. The zero-order valence-electron chi connectivity index (χ0n) is 11.2. The van der Waals surface area contributed by atoms with Crippen molar-refractivity contribution in [1.82, 2.24) is 0 Å². The highest BCUT2D eigenvalue weighted by molar-refractivity contribution is 14.1. The third-order valence-corrected chi connectivity index (χ3v) is 4.10. The van der Waals surface area contributed by atoms with E-state index in [0.717, 1.165) is 34.8 Å². The second kappa shape index (κ2) is 7.54. The first-order chi connectivity index (χ1) is 9.00. The van der Waals surface area contributed by atoms with E-state index in [0.29, 0.717) is 6.42 Å². The van der Waals surface area contributed by atoms with Gasteiger partial charge in [0, 0.05) is 9.99 Å². The lowest BCUT2D eigenvalue weighted by Gasteiger charge is -2.25. The summed E-state index contributed by atoms with van der Waals surface area (Å²) in [7, 11) is 0. The number of hydrogen-bond donors (Lipinski definition) is 1. The van der Waals surface area contributed by atoms with Gasteiger partial charge in [-0.1, -0.05) is 25.0 Å². The number of rotatable bonds is 7. The zero-order valence-corrected chi connectivity index (χ0v) is 13.3. The van der Waals surface area contributed by atoms with Crippen LogP contribution >= 0.6 is 22.6 Å². The van der Waals surface area contributed by atoms with Crippen molar-refractivity contribution < 1.29 is 9.90 Å². The van der Waals surface area contributed by atoms with Crippen LogP contribution in [0.1, 0.15) is 44.6 Å². The average Bonchev–Trinajstić information content (AvgIpc) is 2.38. The summed E-state index contributed by atoms with van der Waals surface area (Å²) in [6.45, 7) is 1.81. The summed E-state index contributed by atoms with van der Waals surface area (Å²) >= 11 is 2.21. The molecule has 0 fully saturated rings. The van der Waals surface area contributed by atoms with Crippen molar-refractivity contribution in [2.75, 3.05) is 0 Å². The Labute approximate surface area is 128 Å². The summed E-state index contributed by atoms with van der Waals surface area (Å²) in [6.07, 6.45) is 9.46. The molecule has 0 amide bonds. The van der Waals surface area contributed by atoms with Gasteiger partial charge in [-0.2, -0.15) is 0 Å². The second-order valence-corrected chi connectivity index (χ2v) is 6.16. The van der Waals surface area contributed by atoms with Crippen LogP contribution in [-0.2, 0) is 10.2 Å². The molecule has 0 bridgehead atoms. The molecule has 1 N–H and O–H groups in total. The van der Waals surface area contributed by atoms with Crippen LogP contribution in [0.4, 0.5) is 0 Å². The SMILES string of the molecule is C#CCCCCCC(C)(C(=O)O)c1cccc(I)c1. The van der Waals surface area contributed by atoms with Crippen LogP contribution in [0.15, 0.2) is 24.3 Å². The molecule has 1 aromatic carbocycles. The van der Waals surface area contributed by atoms with Crippen molar-refractivity contribution >= 4 is 28.6 Å². The predicted octanol–water partition coefficient (Wildman–Crippen LogP) is 4.22. The Hall–Kier alpha value is -1.02. The summed E-state index contributed by atoms with van der Waals surface area (Å²) in [5.41, 5.74) is 0.0704. The molecule has 1 atom stereocenters.